The number of halogens is 3. The molecule has 1 aliphatic rings. The number of nitrogens with one attached hydrogen (secondary N) is 1. The number of amides is 2. The van der Waals surface area contributed by atoms with Gasteiger partial charge in [0.15, 0.2) is 0 Å². The lowest BCUT2D eigenvalue weighted by molar-refractivity contribution is -0.0503. The summed E-state index contributed by atoms with van der Waals surface area (Å²) in [7, 11) is 0. The van der Waals surface area contributed by atoms with Crippen molar-refractivity contribution < 1.29 is 23.1 Å². The topological polar surface area (TPSA) is 65.6 Å². The molecule has 1 aromatic carbocycles. The van der Waals surface area contributed by atoms with Crippen LogP contribution in [0.1, 0.15) is 20.8 Å². The molecular weight excluding hydrogens is 412 g/mol. The average Bonchev–Trinajstić information content (AvgIpc) is 3.07. The van der Waals surface area contributed by atoms with Gasteiger partial charge in [0.05, 0.1) is 5.56 Å². The number of carbonyl (C=O) groups excluding carboxylic acids is 2. The minimum atomic E-state index is -3.00. The Morgan fingerprint density at radius 1 is 1.08 bits per heavy atom. The number of H-pyrrole nitrogens is 1. The van der Waals surface area contributed by atoms with E-state index in [2.05, 4.69) is 25.7 Å². The number of piperazine rings is 1. The second-order valence-electron chi connectivity index (χ2n) is 5.69. The van der Waals surface area contributed by atoms with Crippen molar-refractivity contribution in [2.24, 2.45) is 0 Å². The number of hydrogen-bond donors (Lipinski definition) is 1. The number of benzene rings is 1. The Hall–Kier alpha value is -2.42. The second kappa shape index (κ2) is 7.86. The van der Waals surface area contributed by atoms with Gasteiger partial charge in [-0.15, -0.1) is 0 Å². The van der Waals surface area contributed by atoms with E-state index in [0.717, 1.165) is 4.47 Å². The molecule has 9 heteroatoms. The fraction of sp³-hybridized carbons (Fsp3) is 0.294. The molecule has 26 heavy (non-hydrogen) atoms. The highest BCUT2D eigenvalue weighted by atomic mass is 79.9. The summed E-state index contributed by atoms with van der Waals surface area (Å²) in [6.45, 7) is -1.65. The van der Waals surface area contributed by atoms with Gasteiger partial charge in [0.25, 0.3) is 11.8 Å². The number of alkyl halides is 2. The average molecular weight is 428 g/mol. The maximum atomic E-state index is 12.6. The molecule has 1 fully saturated rings. The van der Waals surface area contributed by atoms with Crippen LogP contribution in [0.5, 0.6) is 5.75 Å². The van der Waals surface area contributed by atoms with Crippen LogP contribution >= 0.6 is 15.9 Å². The largest absolute Gasteiger partial charge is 0.434 e. The van der Waals surface area contributed by atoms with Crippen LogP contribution in [0.15, 0.2) is 41.0 Å². The lowest BCUT2D eigenvalue weighted by Gasteiger charge is -2.34. The van der Waals surface area contributed by atoms with Gasteiger partial charge < -0.3 is 19.5 Å². The molecule has 138 valence electrons. The highest BCUT2D eigenvalue weighted by Crippen LogP contribution is 2.23. The summed E-state index contributed by atoms with van der Waals surface area (Å²) in [5, 5.41) is 0. The van der Waals surface area contributed by atoms with Gasteiger partial charge in [-0.3, -0.25) is 9.59 Å². The molecule has 6 nitrogen and oxygen atoms in total. The molecule has 2 heterocycles. The molecule has 1 saturated heterocycles. The molecule has 0 unspecified atom stereocenters. The lowest BCUT2D eigenvalue weighted by atomic mass is 10.1. The van der Waals surface area contributed by atoms with E-state index >= 15 is 0 Å². The van der Waals surface area contributed by atoms with Gasteiger partial charge in [-0.2, -0.15) is 8.78 Å². The fourth-order valence-corrected chi connectivity index (χ4v) is 3.13. The molecule has 1 aliphatic heterocycles. The number of carbonyl (C=O) groups is 2. The summed E-state index contributed by atoms with van der Waals surface area (Å²) in [5.74, 6) is -0.692. The lowest BCUT2D eigenvalue weighted by Crippen LogP contribution is -2.50. The van der Waals surface area contributed by atoms with Crippen molar-refractivity contribution in [3.05, 3.63) is 52.3 Å². The molecule has 1 N–H and O–H groups in total. The van der Waals surface area contributed by atoms with Crippen molar-refractivity contribution in [3.8, 4) is 5.75 Å². The van der Waals surface area contributed by atoms with E-state index in [4.69, 9.17) is 0 Å². The quantitative estimate of drug-likeness (QED) is 0.815. The van der Waals surface area contributed by atoms with Gasteiger partial charge in [0, 0.05) is 36.8 Å². The third kappa shape index (κ3) is 4.04. The fourth-order valence-electron chi connectivity index (χ4n) is 2.79. The van der Waals surface area contributed by atoms with Gasteiger partial charge in [0.2, 0.25) is 0 Å². The first-order chi connectivity index (χ1) is 12.5. The Bertz CT molecular complexity index is 804. The molecule has 0 aliphatic carbocycles. The monoisotopic (exact) mass is 427 g/mol. The predicted octanol–water partition coefficient (Wildman–Crippen LogP) is 2.98. The third-order valence-electron chi connectivity index (χ3n) is 4.07. The van der Waals surface area contributed by atoms with Gasteiger partial charge in [-0.25, -0.2) is 0 Å². The van der Waals surface area contributed by atoms with Crippen molar-refractivity contribution in [1.29, 1.82) is 0 Å². The predicted molar refractivity (Wildman–Crippen MR) is 93.4 cm³/mol. The summed E-state index contributed by atoms with van der Waals surface area (Å²) < 4.78 is 30.2. The zero-order chi connectivity index (χ0) is 18.7. The molecule has 0 radical (unpaired) electrons. The first-order valence-corrected chi connectivity index (χ1v) is 8.71. The van der Waals surface area contributed by atoms with E-state index < -0.39 is 12.5 Å². The van der Waals surface area contributed by atoms with Crippen LogP contribution in [-0.2, 0) is 0 Å². The smallest absolute Gasteiger partial charge is 0.387 e. The summed E-state index contributed by atoms with van der Waals surface area (Å²) >= 11 is 3.28. The number of nitrogens with zero attached hydrogens (tertiary/aromatic N) is 2. The summed E-state index contributed by atoms with van der Waals surface area (Å²) in [4.78, 5) is 31.1. The first-order valence-electron chi connectivity index (χ1n) is 7.92. The second-order valence-corrected chi connectivity index (χ2v) is 6.61. The van der Waals surface area contributed by atoms with Gasteiger partial charge in [0.1, 0.15) is 11.4 Å². The summed E-state index contributed by atoms with van der Waals surface area (Å²) in [6, 6.07) is 7.60. The summed E-state index contributed by atoms with van der Waals surface area (Å²) in [5.41, 5.74) is 0.549. The molecule has 0 spiro atoms. The van der Waals surface area contributed by atoms with Crippen LogP contribution in [0.2, 0.25) is 0 Å². The Labute approximate surface area is 156 Å². The first kappa shape index (κ1) is 18.4. The Morgan fingerprint density at radius 3 is 2.27 bits per heavy atom. The normalized spacial score (nSPS) is 14.6. The van der Waals surface area contributed by atoms with Gasteiger partial charge >= 0.3 is 6.61 Å². The summed E-state index contributed by atoms with van der Waals surface area (Å²) in [6.07, 6.45) is 1.67. The van der Waals surface area contributed by atoms with Crippen molar-refractivity contribution >= 4 is 27.7 Å². The van der Waals surface area contributed by atoms with Crippen molar-refractivity contribution in [1.82, 2.24) is 14.8 Å². The molecule has 2 amide bonds. The molecule has 2 aromatic rings. The maximum absolute atomic E-state index is 12.6. The number of ether oxygens (including phenoxy) is 1. The maximum Gasteiger partial charge on any atom is 0.387 e. The Balaban J connectivity index is 1.65. The molecule has 0 saturated carbocycles. The van der Waals surface area contributed by atoms with Gasteiger partial charge in [-0.1, -0.05) is 12.1 Å². The molecule has 1 aromatic heterocycles. The number of rotatable bonds is 4. The number of hydrogen-bond acceptors (Lipinski definition) is 3. The van der Waals surface area contributed by atoms with Crippen molar-refractivity contribution in [2.45, 2.75) is 6.61 Å². The van der Waals surface area contributed by atoms with Gasteiger partial charge in [-0.05, 0) is 34.1 Å². The van der Waals surface area contributed by atoms with Crippen LogP contribution in [0.25, 0.3) is 0 Å². The zero-order valence-electron chi connectivity index (χ0n) is 13.6. The highest BCUT2D eigenvalue weighted by Gasteiger charge is 2.27. The SMILES string of the molecule is O=C(c1cc(Br)c[nH]1)N1CCN(C(=O)c2ccccc2OC(F)F)CC1. The van der Waals surface area contributed by atoms with E-state index in [-0.39, 0.29) is 17.2 Å². The van der Waals surface area contributed by atoms with E-state index in [9.17, 15) is 18.4 Å². The van der Waals surface area contributed by atoms with E-state index in [1.807, 2.05) is 0 Å². The van der Waals surface area contributed by atoms with Crippen LogP contribution in [-0.4, -0.2) is 59.4 Å². The van der Waals surface area contributed by atoms with Crippen molar-refractivity contribution in [2.75, 3.05) is 26.2 Å². The standard InChI is InChI=1S/C17H16BrF2N3O3/c18-11-9-13(21-10-11)16(25)23-7-5-22(6-8-23)15(24)12-3-1-2-4-14(12)26-17(19)20/h1-4,9-10,17,21H,5-8H2. The Kier molecular flexibility index (Phi) is 5.55. The van der Waals surface area contributed by atoms with Crippen LogP contribution in [0.3, 0.4) is 0 Å². The Morgan fingerprint density at radius 2 is 1.69 bits per heavy atom. The number of aromatic amines is 1. The van der Waals surface area contributed by atoms with E-state index in [1.165, 1.54) is 23.1 Å². The van der Waals surface area contributed by atoms with Crippen LogP contribution in [0, 0.1) is 0 Å². The van der Waals surface area contributed by atoms with E-state index in [0.29, 0.717) is 31.9 Å². The highest BCUT2D eigenvalue weighted by molar-refractivity contribution is 9.10. The molecule has 0 bridgehead atoms. The molecule has 0 atom stereocenters. The minimum Gasteiger partial charge on any atom is -0.434 e. The molecule has 3 rings (SSSR count). The van der Waals surface area contributed by atoms with Crippen molar-refractivity contribution in [3.63, 3.8) is 0 Å². The molecular formula is C17H16BrF2N3O3. The zero-order valence-corrected chi connectivity index (χ0v) is 15.2. The van der Waals surface area contributed by atoms with Crippen LogP contribution in [0.4, 0.5) is 8.78 Å². The van der Waals surface area contributed by atoms with Crippen LogP contribution < -0.4 is 4.74 Å². The van der Waals surface area contributed by atoms with E-state index in [1.54, 1.807) is 23.2 Å². The number of aromatic nitrogens is 1. The minimum absolute atomic E-state index is 0.0841. The number of para-hydroxylation sites is 1. The third-order valence-corrected chi connectivity index (χ3v) is 4.52.